The highest BCUT2D eigenvalue weighted by Crippen LogP contribution is 2.24. The number of aromatic nitrogens is 1. The first-order chi connectivity index (χ1) is 14.5. The maximum atomic E-state index is 13.3. The first-order valence-electron chi connectivity index (χ1n) is 9.37. The number of anilines is 1. The van der Waals surface area contributed by atoms with Crippen molar-refractivity contribution in [3.05, 3.63) is 90.1 Å². The standard InChI is InChI=1S/C22H23N3O4S/c1-29-16-15-24-22(26)19-12-10-18(11-13-19)17-25(21-9-5-6-14-23-21)30(27,28)20-7-3-2-4-8-20/h2-14H,15-17H2,1H3,(H,24,26). The van der Waals surface area contributed by atoms with Gasteiger partial charge in [-0.3, -0.25) is 4.79 Å². The highest BCUT2D eigenvalue weighted by Gasteiger charge is 2.26. The van der Waals surface area contributed by atoms with Crippen LogP contribution in [0.1, 0.15) is 15.9 Å². The molecule has 0 radical (unpaired) electrons. The first kappa shape index (κ1) is 21.5. The van der Waals surface area contributed by atoms with Gasteiger partial charge in [0, 0.05) is 25.4 Å². The summed E-state index contributed by atoms with van der Waals surface area (Å²) >= 11 is 0. The number of methoxy groups -OCH3 is 1. The van der Waals surface area contributed by atoms with Crippen molar-refractivity contribution in [3.63, 3.8) is 0 Å². The second kappa shape index (κ2) is 10.00. The molecule has 0 atom stereocenters. The third-order valence-corrected chi connectivity index (χ3v) is 6.13. The Bertz CT molecular complexity index is 1060. The fourth-order valence-corrected chi connectivity index (χ4v) is 4.23. The van der Waals surface area contributed by atoms with E-state index >= 15 is 0 Å². The van der Waals surface area contributed by atoms with Crippen LogP contribution >= 0.6 is 0 Å². The summed E-state index contributed by atoms with van der Waals surface area (Å²) in [5, 5.41) is 2.75. The number of rotatable bonds is 9. The molecule has 30 heavy (non-hydrogen) atoms. The lowest BCUT2D eigenvalue weighted by Gasteiger charge is -2.23. The van der Waals surface area contributed by atoms with Crippen LogP contribution in [0.5, 0.6) is 0 Å². The van der Waals surface area contributed by atoms with Gasteiger partial charge in [0.25, 0.3) is 15.9 Å². The Hall–Kier alpha value is -3.23. The molecule has 0 aliphatic rings. The number of nitrogens with one attached hydrogen (secondary N) is 1. The molecule has 1 heterocycles. The molecule has 0 bridgehead atoms. The largest absolute Gasteiger partial charge is 0.383 e. The Morgan fingerprint density at radius 1 is 1.00 bits per heavy atom. The second-order valence-electron chi connectivity index (χ2n) is 6.46. The SMILES string of the molecule is COCCNC(=O)c1ccc(CN(c2ccccn2)S(=O)(=O)c2ccccc2)cc1. The Kier molecular flexibility index (Phi) is 7.16. The maximum Gasteiger partial charge on any atom is 0.265 e. The van der Waals surface area contributed by atoms with E-state index < -0.39 is 10.0 Å². The van der Waals surface area contributed by atoms with Gasteiger partial charge in [0.05, 0.1) is 18.0 Å². The van der Waals surface area contributed by atoms with E-state index in [2.05, 4.69) is 10.3 Å². The number of amides is 1. The van der Waals surface area contributed by atoms with E-state index in [4.69, 9.17) is 4.74 Å². The highest BCUT2D eigenvalue weighted by molar-refractivity contribution is 7.92. The number of sulfonamides is 1. The van der Waals surface area contributed by atoms with E-state index in [1.54, 1.807) is 86.1 Å². The number of hydrogen-bond acceptors (Lipinski definition) is 5. The quantitative estimate of drug-likeness (QED) is 0.533. The van der Waals surface area contributed by atoms with Gasteiger partial charge >= 0.3 is 0 Å². The molecule has 0 saturated carbocycles. The van der Waals surface area contributed by atoms with Crippen molar-refractivity contribution in [1.29, 1.82) is 0 Å². The molecule has 3 aromatic rings. The molecular weight excluding hydrogens is 402 g/mol. The van der Waals surface area contributed by atoms with E-state index in [9.17, 15) is 13.2 Å². The predicted molar refractivity (Wildman–Crippen MR) is 115 cm³/mol. The van der Waals surface area contributed by atoms with Crippen LogP contribution in [-0.2, 0) is 21.3 Å². The van der Waals surface area contributed by atoms with Gasteiger partial charge in [-0.25, -0.2) is 17.7 Å². The highest BCUT2D eigenvalue weighted by atomic mass is 32.2. The van der Waals surface area contributed by atoms with Gasteiger partial charge in [-0.15, -0.1) is 0 Å². The Balaban J connectivity index is 1.85. The number of nitrogens with zero attached hydrogens (tertiary/aromatic N) is 2. The van der Waals surface area contributed by atoms with Crippen LogP contribution in [0.25, 0.3) is 0 Å². The summed E-state index contributed by atoms with van der Waals surface area (Å²) in [4.78, 5) is 16.5. The van der Waals surface area contributed by atoms with E-state index in [0.29, 0.717) is 24.5 Å². The topological polar surface area (TPSA) is 88.6 Å². The van der Waals surface area contributed by atoms with E-state index in [1.807, 2.05) is 0 Å². The molecule has 3 rings (SSSR count). The van der Waals surface area contributed by atoms with Crippen LogP contribution in [0.2, 0.25) is 0 Å². The zero-order valence-corrected chi connectivity index (χ0v) is 17.4. The number of ether oxygens (including phenoxy) is 1. The average molecular weight is 426 g/mol. The molecule has 1 N–H and O–H groups in total. The molecule has 1 aromatic heterocycles. The second-order valence-corrected chi connectivity index (χ2v) is 8.32. The minimum Gasteiger partial charge on any atom is -0.383 e. The number of pyridine rings is 1. The zero-order chi connectivity index (χ0) is 21.4. The lowest BCUT2D eigenvalue weighted by atomic mass is 10.1. The van der Waals surface area contributed by atoms with Crippen molar-refractivity contribution < 1.29 is 17.9 Å². The van der Waals surface area contributed by atoms with Crippen LogP contribution in [0.15, 0.2) is 83.9 Å². The molecule has 0 spiro atoms. The van der Waals surface area contributed by atoms with Crippen LogP contribution in [0, 0.1) is 0 Å². The monoisotopic (exact) mass is 425 g/mol. The van der Waals surface area contributed by atoms with Crippen LogP contribution < -0.4 is 9.62 Å². The lowest BCUT2D eigenvalue weighted by molar-refractivity contribution is 0.0937. The molecule has 1 amide bonds. The first-order valence-corrected chi connectivity index (χ1v) is 10.8. The summed E-state index contributed by atoms with van der Waals surface area (Å²) in [5.41, 5.74) is 1.22. The van der Waals surface area contributed by atoms with Crippen molar-refractivity contribution >= 4 is 21.7 Å². The van der Waals surface area contributed by atoms with Gasteiger partial charge in [0.2, 0.25) is 0 Å². The maximum absolute atomic E-state index is 13.3. The lowest BCUT2D eigenvalue weighted by Crippen LogP contribution is -2.31. The van der Waals surface area contributed by atoms with Gasteiger partial charge in [-0.2, -0.15) is 0 Å². The summed E-state index contributed by atoms with van der Waals surface area (Å²) in [6.45, 7) is 0.930. The number of hydrogen-bond donors (Lipinski definition) is 1. The Morgan fingerprint density at radius 2 is 1.70 bits per heavy atom. The van der Waals surface area contributed by atoms with Crippen molar-refractivity contribution in [2.24, 2.45) is 0 Å². The van der Waals surface area contributed by atoms with E-state index in [0.717, 1.165) is 5.56 Å². The van der Waals surface area contributed by atoms with E-state index in [-0.39, 0.29) is 17.3 Å². The minimum atomic E-state index is -3.82. The van der Waals surface area contributed by atoms with Gasteiger partial charge in [-0.1, -0.05) is 36.4 Å². The number of carbonyl (C=O) groups excluding carboxylic acids is 1. The van der Waals surface area contributed by atoms with Crippen molar-refractivity contribution in [2.45, 2.75) is 11.4 Å². The molecule has 0 aliphatic carbocycles. The third kappa shape index (κ3) is 5.22. The summed E-state index contributed by atoms with van der Waals surface area (Å²) in [6, 6.07) is 20.2. The van der Waals surface area contributed by atoms with Gasteiger partial charge in [0.1, 0.15) is 5.82 Å². The molecule has 156 valence electrons. The summed E-state index contributed by atoms with van der Waals surface area (Å²) in [5.74, 6) is 0.111. The minimum absolute atomic E-state index is 0.0831. The van der Waals surface area contributed by atoms with Gasteiger partial charge in [-0.05, 0) is 42.0 Å². The molecule has 7 nitrogen and oxygen atoms in total. The average Bonchev–Trinajstić information content (AvgIpc) is 2.79. The molecule has 2 aromatic carbocycles. The Labute approximate surface area is 176 Å². The third-order valence-electron chi connectivity index (χ3n) is 4.37. The zero-order valence-electron chi connectivity index (χ0n) is 16.6. The fraction of sp³-hybridized carbons (Fsp3) is 0.182. The van der Waals surface area contributed by atoms with Crippen LogP contribution in [0.4, 0.5) is 5.82 Å². The number of carbonyl (C=O) groups is 1. The van der Waals surface area contributed by atoms with Crippen LogP contribution in [-0.4, -0.2) is 39.6 Å². The molecule has 0 aliphatic heterocycles. The molecule has 0 fully saturated rings. The Morgan fingerprint density at radius 3 is 2.33 bits per heavy atom. The number of benzene rings is 2. The summed E-state index contributed by atoms with van der Waals surface area (Å²) in [6.07, 6.45) is 1.55. The van der Waals surface area contributed by atoms with Crippen LogP contribution in [0.3, 0.4) is 0 Å². The van der Waals surface area contributed by atoms with E-state index in [1.165, 1.54) is 4.31 Å². The van der Waals surface area contributed by atoms with Crippen molar-refractivity contribution in [2.75, 3.05) is 24.6 Å². The van der Waals surface area contributed by atoms with Crippen molar-refractivity contribution in [3.8, 4) is 0 Å². The normalized spacial score (nSPS) is 11.1. The molecule has 0 unspecified atom stereocenters. The fourth-order valence-electron chi connectivity index (χ4n) is 2.81. The molecule has 0 saturated heterocycles. The summed E-state index contributed by atoms with van der Waals surface area (Å²) in [7, 11) is -2.25. The summed E-state index contributed by atoms with van der Waals surface area (Å²) < 4.78 is 32.7. The predicted octanol–water partition coefficient (Wildman–Crippen LogP) is 2.85. The van der Waals surface area contributed by atoms with Crippen molar-refractivity contribution in [1.82, 2.24) is 10.3 Å². The smallest absolute Gasteiger partial charge is 0.265 e. The van der Waals surface area contributed by atoms with Gasteiger partial charge in [0.15, 0.2) is 0 Å². The molecule has 8 heteroatoms. The van der Waals surface area contributed by atoms with Gasteiger partial charge < -0.3 is 10.1 Å². The molecular formula is C22H23N3O4S.